The first-order valence-electron chi connectivity index (χ1n) is 7.77. The van der Waals surface area contributed by atoms with Gasteiger partial charge < -0.3 is 5.11 Å². The van der Waals surface area contributed by atoms with Gasteiger partial charge in [-0.1, -0.05) is 29.5 Å². The van der Waals surface area contributed by atoms with Crippen LogP contribution < -0.4 is 0 Å². The Labute approximate surface area is 149 Å². The number of rotatable bonds is 5. The number of nitrogens with zero attached hydrogens (tertiary/aromatic N) is 4. The van der Waals surface area contributed by atoms with E-state index in [1.54, 1.807) is 28.9 Å². The second-order valence-corrected chi connectivity index (χ2v) is 6.82. The van der Waals surface area contributed by atoms with Gasteiger partial charge in [0.1, 0.15) is 5.75 Å². The molecule has 0 saturated heterocycles. The van der Waals surface area contributed by atoms with Crippen LogP contribution in [0.1, 0.15) is 27.0 Å². The number of phenols is 1. The Kier molecular flexibility index (Phi) is 4.85. The first kappa shape index (κ1) is 17.2. The number of aryl methyl sites for hydroxylation is 3. The fourth-order valence-corrected chi connectivity index (χ4v) is 3.61. The van der Waals surface area contributed by atoms with Crippen molar-refractivity contribution in [1.29, 1.82) is 0 Å². The fraction of sp³-hybridized carbons (Fsp3) is 0.222. The normalized spacial score (nSPS) is 10.8. The number of phenolic OH excluding ortho intramolecular Hbond substituents is 1. The van der Waals surface area contributed by atoms with E-state index in [4.69, 9.17) is 0 Å². The Morgan fingerprint density at radius 1 is 1.12 bits per heavy atom. The van der Waals surface area contributed by atoms with Crippen molar-refractivity contribution in [2.75, 3.05) is 5.75 Å². The summed E-state index contributed by atoms with van der Waals surface area (Å²) < 4.78 is 1.55. The van der Waals surface area contributed by atoms with E-state index >= 15 is 0 Å². The Morgan fingerprint density at radius 3 is 2.40 bits per heavy atom. The van der Waals surface area contributed by atoms with Crippen LogP contribution in [0.2, 0.25) is 0 Å². The van der Waals surface area contributed by atoms with Crippen molar-refractivity contribution < 1.29 is 9.90 Å². The summed E-state index contributed by atoms with van der Waals surface area (Å²) in [6.07, 6.45) is 0. The molecule has 0 aliphatic rings. The van der Waals surface area contributed by atoms with E-state index in [-0.39, 0.29) is 17.3 Å². The summed E-state index contributed by atoms with van der Waals surface area (Å²) in [6.45, 7) is 5.94. The molecule has 3 aromatic rings. The predicted molar refractivity (Wildman–Crippen MR) is 96.5 cm³/mol. The maximum absolute atomic E-state index is 12.7. The zero-order chi connectivity index (χ0) is 18.0. The average molecular weight is 354 g/mol. The number of thioether (sulfide) groups is 1. The van der Waals surface area contributed by atoms with Crippen molar-refractivity contribution in [3.05, 3.63) is 58.7 Å². The van der Waals surface area contributed by atoms with Gasteiger partial charge in [0.05, 0.1) is 11.4 Å². The summed E-state index contributed by atoms with van der Waals surface area (Å²) in [5.41, 5.74) is 4.61. The van der Waals surface area contributed by atoms with Gasteiger partial charge in [-0.15, -0.1) is 5.10 Å². The molecule has 0 spiro atoms. The van der Waals surface area contributed by atoms with Crippen LogP contribution in [-0.4, -0.2) is 36.8 Å². The number of aromatic nitrogens is 4. The Morgan fingerprint density at radius 2 is 1.76 bits per heavy atom. The third-order valence-corrected chi connectivity index (χ3v) is 4.74. The molecular weight excluding hydrogens is 336 g/mol. The van der Waals surface area contributed by atoms with Crippen LogP contribution in [0, 0.1) is 20.8 Å². The van der Waals surface area contributed by atoms with Crippen molar-refractivity contribution in [3.63, 3.8) is 0 Å². The highest BCUT2D eigenvalue weighted by atomic mass is 32.2. The van der Waals surface area contributed by atoms with Crippen LogP contribution in [0.25, 0.3) is 5.69 Å². The Bertz CT molecular complexity index is 896. The minimum atomic E-state index is 0.0558. The zero-order valence-electron chi connectivity index (χ0n) is 14.2. The van der Waals surface area contributed by atoms with Gasteiger partial charge in [0.2, 0.25) is 5.16 Å². The number of aromatic hydroxyl groups is 1. The molecule has 25 heavy (non-hydrogen) atoms. The lowest BCUT2D eigenvalue weighted by molar-refractivity contribution is 0.102. The van der Waals surface area contributed by atoms with Crippen LogP contribution in [0.15, 0.2) is 41.6 Å². The highest BCUT2D eigenvalue weighted by molar-refractivity contribution is 7.99. The molecule has 0 fully saturated rings. The van der Waals surface area contributed by atoms with Crippen molar-refractivity contribution >= 4 is 17.5 Å². The SMILES string of the molecule is Cc1cc(C)c(C(=O)CSc2nnnn2-c2ccc(O)cc2)c(C)c1. The van der Waals surface area contributed by atoms with Crippen molar-refractivity contribution in [1.82, 2.24) is 20.2 Å². The monoisotopic (exact) mass is 354 g/mol. The van der Waals surface area contributed by atoms with Gasteiger partial charge in [-0.25, -0.2) is 0 Å². The van der Waals surface area contributed by atoms with E-state index in [9.17, 15) is 9.90 Å². The summed E-state index contributed by atoms with van der Waals surface area (Å²) in [5, 5.41) is 21.5. The molecule has 1 N–H and O–H groups in total. The topological polar surface area (TPSA) is 80.9 Å². The second kappa shape index (κ2) is 7.06. The lowest BCUT2D eigenvalue weighted by Crippen LogP contribution is -2.09. The Hall–Kier alpha value is -2.67. The molecule has 0 radical (unpaired) electrons. The molecule has 1 aromatic heterocycles. The van der Waals surface area contributed by atoms with Crippen LogP contribution in [0.5, 0.6) is 5.75 Å². The summed E-state index contributed by atoms with van der Waals surface area (Å²) >= 11 is 1.29. The number of Topliss-reactive ketones (excluding diaryl/α,β-unsaturated/α-hetero) is 1. The van der Waals surface area contributed by atoms with E-state index in [0.717, 1.165) is 27.9 Å². The summed E-state index contributed by atoms with van der Waals surface area (Å²) in [7, 11) is 0. The molecule has 0 aliphatic heterocycles. The molecule has 6 nitrogen and oxygen atoms in total. The fourth-order valence-electron chi connectivity index (χ4n) is 2.85. The minimum Gasteiger partial charge on any atom is -0.508 e. The molecule has 0 amide bonds. The molecule has 0 saturated carbocycles. The number of carbonyl (C=O) groups is 1. The largest absolute Gasteiger partial charge is 0.508 e. The molecule has 0 bridgehead atoms. The molecule has 2 aromatic carbocycles. The summed E-state index contributed by atoms with van der Waals surface area (Å²) in [4.78, 5) is 12.7. The third kappa shape index (κ3) is 3.71. The number of ketones is 1. The highest BCUT2D eigenvalue weighted by Crippen LogP contribution is 2.23. The molecule has 7 heteroatoms. The van der Waals surface area contributed by atoms with E-state index in [2.05, 4.69) is 15.5 Å². The van der Waals surface area contributed by atoms with Gasteiger partial charge >= 0.3 is 0 Å². The van der Waals surface area contributed by atoms with E-state index < -0.39 is 0 Å². The lowest BCUT2D eigenvalue weighted by atomic mass is 9.97. The van der Waals surface area contributed by atoms with Gasteiger partial charge in [0.25, 0.3) is 0 Å². The highest BCUT2D eigenvalue weighted by Gasteiger charge is 2.16. The molecule has 0 unspecified atom stereocenters. The molecule has 1 heterocycles. The minimum absolute atomic E-state index is 0.0558. The summed E-state index contributed by atoms with van der Waals surface area (Å²) in [5.74, 6) is 0.482. The van der Waals surface area contributed by atoms with Gasteiger partial charge in [-0.05, 0) is 66.6 Å². The molecule has 3 rings (SSSR count). The number of tetrazole rings is 1. The number of benzene rings is 2. The van der Waals surface area contributed by atoms with Crippen molar-refractivity contribution in [2.45, 2.75) is 25.9 Å². The zero-order valence-corrected chi connectivity index (χ0v) is 15.0. The first-order valence-corrected chi connectivity index (χ1v) is 8.76. The average Bonchev–Trinajstić information content (AvgIpc) is 3.01. The second-order valence-electron chi connectivity index (χ2n) is 5.88. The van der Waals surface area contributed by atoms with E-state index in [0.29, 0.717) is 5.16 Å². The number of carbonyl (C=O) groups excluding carboxylic acids is 1. The van der Waals surface area contributed by atoms with Gasteiger partial charge in [0.15, 0.2) is 5.78 Å². The van der Waals surface area contributed by atoms with Crippen molar-refractivity contribution in [2.24, 2.45) is 0 Å². The van der Waals surface area contributed by atoms with E-state index in [1.165, 1.54) is 11.8 Å². The molecule has 128 valence electrons. The number of hydrogen-bond acceptors (Lipinski definition) is 6. The lowest BCUT2D eigenvalue weighted by Gasteiger charge is -2.10. The van der Waals surface area contributed by atoms with E-state index in [1.807, 2.05) is 32.9 Å². The standard InChI is InChI=1S/C18H18N4O2S/c1-11-8-12(2)17(13(3)9-11)16(24)10-25-18-19-20-21-22(18)14-4-6-15(23)7-5-14/h4-9,23H,10H2,1-3H3. The van der Waals surface area contributed by atoms with Gasteiger partial charge in [-0.2, -0.15) is 4.68 Å². The van der Waals surface area contributed by atoms with Crippen molar-refractivity contribution in [3.8, 4) is 11.4 Å². The summed E-state index contributed by atoms with van der Waals surface area (Å²) in [6, 6.07) is 10.6. The molecule has 0 aliphatic carbocycles. The maximum Gasteiger partial charge on any atom is 0.214 e. The maximum atomic E-state index is 12.7. The first-order chi connectivity index (χ1) is 12.0. The van der Waals surface area contributed by atoms with Gasteiger partial charge in [-0.3, -0.25) is 4.79 Å². The molecular formula is C18H18N4O2S. The smallest absolute Gasteiger partial charge is 0.214 e. The Balaban J connectivity index is 1.78. The van der Waals surface area contributed by atoms with Crippen LogP contribution in [0.3, 0.4) is 0 Å². The quantitative estimate of drug-likeness (QED) is 0.559. The van der Waals surface area contributed by atoms with Gasteiger partial charge in [0, 0.05) is 5.56 Å². The third-order valence-electron chi connectivity index (χ3n) is 3.82. The molecule has 0 atom stereocenters. The van der Waals surface area contributed by atoms with Crippen LogP contribution >= 0.6 is 11.8 Å². The number of hydrogen-bond donors (Lipinski definition) is 1. The van der Waals surface area contributed by atoms with Crippen LogP contribution in [-0.2, 0) is 0 Å². The van der Waals surface area contributed by atoms with Crippen LogP contribution in [0.4, 0.5) is 0 Å². The predicted octanol–water partition coefficient (Wildman–Crippen LogP) is 3.27.